The second-order valence-corrected chi connectivity index (χ2v) is 29.9. The van der Waals surface area contributed by atoms with Crippen molar-refractivity contribution in [3.8, 4) is 9.75 Å². The number of halogens is 1. The normalized spacial score (nSPS) is 13.0. The molecule has 2 aromatic heterocycles. The number of rotatable bonds is 3. The van der Waals surface area contributed by atoms with Gasteiger partial charge in [0.25, 0.3) is 0 Å². The summed E-state index contributed by atoms with van der Waals surface area (Å²) in [5.74, 6) is -0.0180. The fraction of sp³-hybridized carbons (Fsp3) is 0.429. The van der Waals surface area contributed by atoms with Gasteiger partial charge in [0.15, 0.2) is 0 Å². The van der Waals surface area contributed by atoms with Gasteiger partial charge in [0.2, 0.25) is 0 Å². The van der Waals surface area contributed by atoms with Crippen LogP contribution in [0.25, 0.3) is 9.75 Å². The molecular weight excluding hydrogens is 398 g/mol. The third-order valence-electron chi connectivity index (χ3n) is 2.99. The first-order chi connectivity index (χ1) is 8.59. The molecule has 0 nitrogen and oxygen atoms in total. The summed E-state index contributed by atoms with van der Waals surface area (Å²) in [6.07, 6.45) is 0. The third-order valence-corrected chi connectivity index (χ3v) is 18.4. The van der Waals surface area contributed by atoms with Gasteiger partial charge in [-0.2, -0.15) is 0 Å². The molecule has 0 aliphatic heterocycles. The summed E-state index contributed by atoms with van der Waals surface area (Å²) < 4.78 is 17.0. The zero-order valence-corrected chi connectivity index (χ0v) is 17.9. The minimum atomic E-state index is -2.15. The Morgan fingerprint density at radius 2 is 1.68 bits per heavy atom. The molecule has 0 bridgehead atoms. The second-order valence-electron chi connectivity index (χ2n) is 6.95. The quantitative estimate of drug-likeness (QED) is 0.633. The first-order valence-corrected chi connectivity index (χ1v) is 21.6. The van der Waals surface area contributed by atoms with Gasteiger partial charge in [-0.1, -0.05) is 0 Å². The van der Waals surface area contributed by atoms with Crippen molar-refractivity contribution in [2.75, 3.05) is 0 Å². The summed E-state index contributed by atoms with van der Waals surface area (Å²) in [5.41, 5.74) is 0. The maximum atomic E-state index is 14.2. The van der Waals surface area contributed by atoms with E-state index in [4.69, 9.17) is 0 Å². The molecular formula is C14H21FS2SiSn. The summed E-state index contributed by atoms with van der Waals surface area (Å²) in [5, 5.41) is 0. The van der Waals surface area contributed by atoms with Crippen molar-refractivity contribution >= 4 is 56.5 Å². The van der Waals surface area contributed by atoms with Crippen LogP contribution in [-0.4, -0.2) is 26.5 Å². The molecule has 0 spiro atoms. The molecule has 0 N–H and O–H groups in total. The fourth-order valence-corrected chi connectivity index (χ4v) is 11.0. The molecule has 0 fully saturated rings. The van der Waals surface area contributed by atoms with Crippen LogP contribution < -0.4 is 7.39 Å². The Morgan fingerprint density at radius 1 is 1.05 bits per heavy atom. The SMILES string of the molecule is C[Si](C)(C)c1ccc(-c2s[c]([Sn]([CH3])([CH3])[CH3])cc2F)s1. The van der Waals surface area contributed by atoms with E-state index in [2.05, 4.69) is 46.6 Å². The molecule has 0 unspecified atom stereocenters. The Morgan fingerprint density at radius 3 is 2.11 bits per heavy atom. The number of hydrogen-bond donors (Lipinski definition) is 0. The van der Waals surface area contributed by atoms with Gasteiger partial charge in [0.1, 0.15) is 0 Å². The van der Waals surface area contributed by atoms with Crippen molar-refractivity contribution in [1.29, 1.82) is 0 Å². The Bertz CT molecular complexity index is 587. The predicted molar refractivity (Wildman–Crippen MR) is 93.6 cm³/mol. The van der Waals surface area contributed by atoms with Crippen LogP contribution in [0.5, 0.6) is 0 Å². The Labute approximate surface area is 128 Å². The van der Waals surface area contributed by atoms with E-state index in [1.807, 2.05) is 0 Å². The molecule has 19 heavy (non-hydrogen) atoms. The topological polar surface area (TPSA) is 0 Å². The van der Waals surface area contributed by atoms with Gasteiger partial charge < -0.3 is 0 Å². The van der Waals surface area contributed by atoms with E-state index < -0.39 is 26.5 Å². The van der Waals surface area contributed by atoms with Gasteiger partial charge >= 0.3 is 129 Å². The molecule has 0 aromatic carbocycles. The van der Waals surface area contributed by atoms with Crippen LogP contribution in [-0.2, 0) is 0 Å². The van der Waals surface area contributed by atoms with Crippen LogP contribution in [0.15, 0.2) is 18.2 Å². The van der Waals surface area contributed by atoms with Crippen LogP contribution in [0.1, 0.15) is 0 Å². The molecule has 0 aliphatic carbocycles. The molecule has 0 aliphatic rings. The van der Waals surface area contributed by atoms with Crippen LogP contribution in [0.2, 0.25) is 34.5 Å². The number of thiophene rings is 2. The third kappa shape index (κ3) is 3.51. The molecule has 2 heterocycles. The van der Waals surface area contributed by atoms with Crippen LogP contribution in [0, 0.1) is 5.82 Å². The zero-order valence-electron chi connectivity index (χ0n) is 12.4. The average molecular weight is 419 g/mol. The monoisotopic (exact) mass is 420 g/mol. The summed E-state index contributed by atoms with van der Waals surface area (Å²) in [6, 6.07) is 6.10. The summed E-state index contributed by atoms with van der Waals surface area (Å²) in [7, 11) is -1.28. The minimum absolute atomic E-state index is 0.0180. The molecule has 104 valence electrons. The summed E-state index contributed by atoms with van der Waals surface area (Å²) >= 11 is 1.33. The predicted octanol–water partition coefficient (Wildman–Crippen LogP) is 4.71. The standard InChI is InChI=1S/C11H12FS2Si.3CH3.Sn/c1-15(2,3)10-5-4-9(14-10)11-8(12)6-7-13-11;;;;/h4-6H,1-3H3;3*1H3;. The van der Waals surface area contributed by atoms with Crippen molar-refractivity contribution in [1.82, 2.24) is 0 Å². The molecule has 2 aromatic rings. The second kappa shape index (κ2) is 5.28. The molecule has 0 amide bonds. The van der Waals surface area contributed by atoms with Gasteiger partial charge in [-0.3, -0.25) is 0 Å². The first-order valence-electron chi connectivity index (χ1n) is 6.49. The molecule has 0 saturated heterocycles. The van der Waals surface area contributed by atoms with E-state index in [1.54, 1.807) is 28.7 Å². The van der Waals surface area contributed by atoms with E-state index >= 15 is 0 Å². The molecule has 0 atom stereocenters. The van der Waals surface area contributed by atoms with Crippen molar-refractivity contribution in [3.05, 3.63) is 24.0 Å². The molecule has 0 radical (unpaired) electrons. The van der Waals surface area contributed by atoms with E-state index in [0.29, 0.717) is 0 Å². The van der Waals surface area contributed by atoms with Crippen molar-refractivity contribution in [2.24, 2.45) is 0 Å². The molecule has 2 rings (SSSR count). The van der Waals surface area contributed by atoms with E-state index in [9.17, 15) is 4.39 Å². The average Bonchev–Trinajstić information content (AvgIpc) is 2.80. The van der Waals surface area contributed by atoms with Crippen molar-refractivity contribution in [3.63, 3.8) is 0 Å². The van der Waals surface area contributed by atoms with E-state index in [1.165, 1.54) is 7.39 Å². The van der Waals surface area contributed by atoms with E-state index in [0.717, 1.165) is 9.75 Å². The summed E-state index contributed by atoms with van der Waals surface area (Å²) in [4.78, 5) is 8.99. The van der Waals surface area contributed by atoms with Gasteiger partial charge in [0, 0.05) is 0 Å². The van der Waals surface area contributed by atoms with Crippen LogP contribution in [0.4, 0.5) is 4.39 Å². The Hall–Kier alpha value is 0.346. The van der Waals surface area contributed by atoms with Gasteiger partial charge in [-0.15, -0.1) is 0 Å². The van der Waals surface area contributed by atoms with Crippen LogP contribution in [0.3, 0.4) is 0 Å². The first kappa shape index (κ1) is 15.7. The Kier molecular flexibility index (Phi) is 4.37. The van der Waals surface area contributed by atoms with Crippen molar-refractivity contribution in [2.45, 2.75) is 34.5 Å². The molecule has 0 saturated carbocycles. The zero-order chi connectivity index (χ0) is 14.4. The van der Waals surface area contributed by atoms with Gasteiger partial charge in [0.05, 0.1) is 0 Å². The fourth-order valence-electron chi connectivity index (χ4n) is 1.77. The Balaban J connectivity index is 2.43. The van der Waals surface area contributed by atoms with Crippen LogP contribution >= 0.6 is 22.7 Å². The van der Waals surface area contributed by atoms with Gasteiger partial charge in [-0.25, -0.2) is 0 Å². The summed E-state index contributed by atoms with van der Waals surface area (Å²) in [6.45, 7) is 7.01. The van der Waals surface area contributed by atoms with Gasteiger partial charge in [-0.05, 0) is 0 Å². The van der Waals surface area contributed by atoms with Crippen molar-refractivity contribution < 1.29 is 4.39 Å². The molecule has 5 heteroatoms. The number of hydrogen-bond acceptors (Lipinski definition) is 2. The maximum absolute atomic E-state index is 14.2. The van der Waals surface area contributed by atoms with E-state index in [-0.39, 0.29) is 5.82 Å².